The Kier molecular flexibility index (Phi) is 4.98. The quantitative estimate of drug-likeness (QED) is 0.846. The predicted octanol–water partition coefficient (Wildman–Crippen LogP) is 2.12. The van der Waals surface area contributed by atoms with Crippen molar-refractivity contribution < 1.29 is 4.79 Å². The lowest BCUT2D eigenvalue weighted by Crippen LogP contribution is -2.50. The number of hydrogen-bond acceptors (Lipinski definition) is 3. The summed E-state index contributed by atoms with van der Waals surface area (Å²) in [6.45, 7) is 12.0. The highest BCUT2D eigenvalue weighted by Crippen LogP contribution is 2.24. The topological polar surface area (TPSA) is 56.1 Å². The van der Waals surface area contributed by atoms with Gasteiger partial charge in [-0.1, -0.05) is 20.8 Å². The van der Waals surface area contributed by atoms with E-state index in [9.17, 15) is 10.1 Å². The molecule has 1 radical (unpaired) electrons. The summed E-state index contributed by atoms with van der Waals surface area (Å²) < 4.78 is 0. The third-order valence-electron chi connectivity index (χ3n) is 3.51. The van der Waals surface area contributed by atoms with Gasteiger partial charge in [-0.2, -0.15) is 5.26 Å². The third-order valence-corrected chi connectivity index (χ3v) is 3.51. The van der Waals surface area contributed by atoms with Crippen LogP contribution in [0.2, 0.25) is 0 Å². The summed E-state index contributed by atoms with van der Waals surface area (Å²) >= 11 is 0. The van der Waals surface area contributed by atoms with Crippen LogP contribution in [0.4, 0.5) is 0 Å². The van der Waals surface area contributed by atoms with Crippen molar-refractivity contribution in [2.24, 2.45) is 5.41 Å². The molecule has 1 saturated heterocycles. The van der Waals surface area contributed by atoms with E-state index in [1.165, 1.54) is 0 Å². The van der Waals surface area contributed by atoms with Crippen molar-refractivity contribution in [3.63, 3.8) is 0 Å². The highest BCUT2D eigenvalue weighted by molar-refractivity contribution is 5.85. The van der Waals surface area contributed by atoms with Gasteiger partial charge in [0.1, 0.15) is 5.54 Å². The maximum atomic E-state index is 12.0. The monoisotopic (exact) mass is 264 g/mol. The van der Waals surface area contributed by atoms with Gasteiger partial charge in [-0.05, 0) is 32.1 Å². The van der Waals surface area contributed by atoms with Crippen molar-refractivity contribution in [1.82, 2.24) is 10.2 Å². The fourth-order valence-electron chi connectivity index (χ4n) is 2.19. The van der Waals surface area contributed by atoms with Gasteiger partial charge in [0.25, 0.3) is 0 Å². The van der Waals surface area contributed by atoms with Crippen LogP contribution in [0, 0.1) is 23.2 Å². The number of nitriles is 1. The van der Waals surface area contributed by atoms with E-state index in [0.29, 0.717) is 25.4 Å². The van der Waals surface area contributed by atoms with Gasteiger partial charge in [-0.25, -0.2) is 0 Å². The van der Waals surface area contributed by atoms with E-state index in [0.717, 1.165) is 6.54 Å². The summed E-state index contributed by atoms with van der Waals surface area (Å²) in [7, 11) is 0. The molecule has 0 aromatic rings. The lowest BCUT2D eigenvalue weighted by molar-refractivity contribution is -0.119. The largest absolute Gasteiger partial charge is 0.336 e. The molecule has 1 aliphatic rings. The Morgan fingerprint density at radius 2 is 2.16 bits per heavy atom. The van der Waals surface area contributed by atoms with Gasteiger partial charge in [-0.15, -0.1) is 0 Å². The second kappa shape index (κ2) is 5.92. The standard InChI is InChI=1S/C15H26N3O/c1-12(2)18-9-8-15(10-16,11-18)17-13(19)6-7-14(3,4)5/h6,12H,7-9,11H2,1-5H3,(H,17,19). The minimum absolute atomic E-state index is 0.0940. The van der Waals surface area contributed by atoms with E-state index in [-0.39, 0.29) is 11.3 Å². The molecule has 19 heavy (non-hydrogen) atoms. The molecular formula is C15H26N3O. The Morgan fingerprint density at radius 1 is 1.53 bits per heavy atom. The maximum Gasteiger partial charge on any atom is 0.225 e. The van der Waals surface area contributed by atoms with Crippen LogP contribution in [-0.4, -0.2) is 35.5 Å². The normalized spacial score (nSPS) is 24.5. The highest BCUT2D eigenvalue weighted by Gasteiger charge is 2.40. The second-order valence-corrected chi connectivity index (χ2v) is 6.97. The third kappa shape index (κ3) is 4.83. The summed E-state index contributed by atoms with van der Waals surface area (Å²) in [6, 6.07) is 2.70. The van der Waals surface area contributed by atoms with Crippen LogP contribution >= 0.6 is 0 Å². The van der Waals surface area contributed by atoms with Gasteiger partial charge >= 0.3 is 0 Å². The van der Waals surface area contributed by atoms with Crippen molar-refractivity contribution in [3.05, 3.63) is 6.42 Å². The average Bonchev–Trinajstić information content (AvgIpc) is 2.71. The molecule has 0 spiro atoms. The number of carbonyl (C=O) groups excluding carboxylic acids is 1. The molecule has 1 rings (SSSR count). The molecule has 1 heterocycles. The first-order valence-electron chi connectivity index (χ1n) is 6.98. The summed E-state index contributed by atoms with van der Waals surface area (Å²) in [4.78, 5) is 14.2. The minimum Gasteiger partial charge on any atom is -0.336 e. The zero-order valence-corrected chi connectivity index (χ0v) is 12.8. The predicted molar refractivity (Wildman–Crippen MR) is 76.2 cm³/mol. The van der Waals surface area contributed by atoms with E-state index in [1.807, 2.05) is 0 Å². The molecule has 107 valence electrons. The lowest BCUT2D eigenvalue weighted by atomic mass is 9.90. The Balaban J connectivity index is 2.54. The molecule has 1 amide bonds. The average molecular weight is 264 g/mol. The highest BCUT2D eigenvalue weighted by atomic mass is 16.1. The molecule has 0 aromatic heterocycles. The van der Waals surface area contributed by atoms with Crippen molar-refractivity contribution in [2.45, 2.75) is 59.0 Å². The molecule has 4 nitrogen and oxygen atoms in total. The van der Waals surface area contributed by atoms with E-state index in [1.54, 1.807) is 6.42 Å². The number of carbonyl (C=O) groups is 1. The Morgan fingerprint density at radius 3 is 2.58 bits per heavy atom. The van der Waals surface area contributed by atoms with Crippen LogP contribution in [0.3, 0.4) is 0 Å². The minimum atomic E-state index is -0.713. The van der Waals surface area contributed by atoms with E-state index in [4.69, 9.17) is 0 Å². The number of rotatable bonds is 4. The molecule has 1 unspecified atom stereocenters. The number of likely N-dealkylation sites (tertiary alicyclic amines) is 1. The Labute approximate surface area is 117 Å². The number of amides is 1. The molecule has 0 saturated carbocycles. The molecule has 4 heteroatoms. The SMILES string of the molecule is CC(C)N1CCC(C#N)(NC(=O)[CH]CC(C)(C)C)C1. The molecule has 0 aliphatic carbocycles. The Hall–Kier alpha value is -1.08. The van der Waals surface area contributed by atoms with Crippen LogP contribution in [-0.2, 0) is 4.79 Å². The fraction of sp³-hybridized carbons (Fsp3) is 0.800. The first kappa shape index (κ1) is 16.0. The molecule has 1 atom stereocenters. The molecule has 1 N–H and O–H groups in total. The van der Waals surface area contributed by atoms with Gasteiger partial charge in [0.2, 0.25) is 5.91 Å². The first-order chi connectivity index (χ1) is 8.67. The van der Waals surface area contributed by atoms with Crippen LogP contribution < -0.4 is 5.32 Å². The van der Waals surface area contributed by atoms with Crippen LogP contribution in [0.5, 0.6) is 0 Å². The van der Waals surface area contributed by atoms with E-state index < -0.39 is 5.54 Å². The summed E-state index contributed by atoms with van der Waals surface area (Å²) in [5.41, 5.74) is -0.619. The molecule has 1 fully saturated rings. The fourth-order valence-corrected chi connectivity index (χ4v) is 2.19. The summed E-state index contributed by atoms with van der Waals surface area (Å²) in [5.74, 6) is -0.123. The van der Waals surface area contributed by atoms with Gasteiger partial charge < -0.3 is 5.32 Å². The number of nitrogens with zero attached hydrogens (tertiary/aromatic N) is 2. The molecule has 1 aliphatic heterocycles. The van der Waals surface area contributed by atoms with Crippen molar-refractivity contribution >= 4 is 5.91 Å². The van der Waals surface area contributed by atoms with E-state index >= 15 is 0 Å². The van der Waals surface area contributed by atoms with Crippen LogP contribution in [0.25, 0.3) is 0 Å². The number of nitrogens with one attached hydrogen (secondary N) is 1. The van der Waals surface area contributed by atoms with Crippen molar-refractivity contribution in [3.8, 4) is 6.07 Å². The molecule has 0 aromatic carbocycles. The van der Waals surface area contributed by atoms with Crippen molar-refractivity contribution in [1.29, 1.82) is 5.26 Å². The summed E-state index contributed by atoms with van der Waals surface area (Å²) in [6.07, 6.45) is 3.09. The second-order valence-electron chi connectivity index (χ2n) is 6.97. The number of hydrogen-bond donors (Lipinski definition) is 1. The van der Waals surface area contributed by atoms with Gasteiger partial charge in [0, 0.05) is 19.1 Å². The summed E-state index contributed by atoms with van der Waals surface area (Å²) in [5, 5.41) is 12.3. The zero-order chi connectivity index (χ0) is 14.7. The van der Waals surface area contributed by atoms with Crippen LogP contribution in [0.15, 0.2) is 0 Å². The van der Waals surface area contributed by atoms with Gasteiger partial charge in [0.15, 0.2) is 0 Å². The first-order valence-corrected chi connectivity index (χ1v) is 6.98. The molecule has 0 bridgehead atoms. The van der Waals surface area contributed by atoms with Gasteiger partial charge in [-0.3, -0.25) is 9.69 Å². The van der Waals surface area contributed by atoms with Crippen molar-refractivity contribution in [2.75, 3.05) is 13.1 Å². The lowest BCUT2D eigenvalue weighted by Gasteiger charge is -2.26. The van der Waals surface area contributed by atoms with Crippen LogP contribution in [0.1, 0.15) is 47.5 Å². The smallest absolute Gasteiger partial charge is 0.225 e. The Bertz CT molecular complexity index is 365. The maximum absolute atomic E-state index is 12.0. The van der Waals surface area contributed by atoms with E-state index in [2.05, 4.69) is 50.9 Å². The van der Waals surface area contributed by atoms with Gasteiger partial charge in [0.05, 0.1) is 12.5 Å². The zero-order valence-electron chi connectivity index (χ0n) is 12.8. The molecular weight excluding hydrogens is 238 g/mol.